The Hall–Kier alpha value is -3.06. The first-order valence-corrected chi connectivity index (χ1v) is 17.6. The SMILES string of the molecule is CC.CC.CC.CCC.CCCC.c1ccc(OCC2CO2)cc1.c1ccc(OCC2CO2)cc1.c1ccc(OCC2CO2)cc1. The molecule has 3 heterocycles. The molecule has 3 aromatic carbocycles. The Morgan fingerprint density at radius 3 is 0.783 bits per heavy atom. The molecule has 3 unspecified atom stereocenters. The third-order valence-electron chi connectivity index (χ3n) is 5.24. The molecule has 0 aromatic heterocycles. The van der Waals surface area contributed by atoms with Gasteiger partial charge in [-0.3, -0.25) is 0 Å². The van der Waals surface area contributed by atoms with Gasteiger partial charge < -0.3 is 28.4 Å². The van der Waals surface area contributed by atoms with Gasteiger partial charge >= 0.3 is 0 Å². The minimum absolute atomic E-state index is 0.343. The summed E-state index contributed by atoms with van der Waals surface area (Å²) in [5.41, 5.74) is 0. The van der Waals surface area contributed by atoms with Gasteiger partial charge in [-0.05, 0) is 36.4 Å². The summed E-state index contributed by atoms with van der Waals surface area (Å²) in [5.74, 6) is 2.76. The standard InChI is InChI=1S/3C9H10O2.C4H10.C3H8.3C2H6/c3*1-2-4-8(5-3-1)10-6-9-7-11-9;1-3-4-2;1-3-2;3*1-2/h3*1-5,9H,6-7H2;3-4H2,1-2H3;3H2,1-2H3;3*1-2H3. The van der Waals surface area contributed by atoms with E-state index in [9.17, 15) is 0 Å². The van der Waals surface area contributed by atoms with Crippen LogP contribution in [-0.2, 0) is 14.2 Å². The van der Waals surface area contributed by atoms with Gasteiger partial charge in [-0.2, -0.15) is 0 Å². The summed E-state index contributed by atoms with van der Waals surface area (Å²) in [6, 6.07) is 29.4. The van der Waals surface area contributed by atoms with E-state index in [4.69, 9.17) is 28.4 Å². The second-order valence-corrected chi connectivity index (χ2v) is 9.45. The van der Waals surface area contributed by atoms with Crippen LogP contribution in [0.2, 0.25) is 0 Å². The van der Waals surface area contributed by atoms with Gasteiger partial charge in [0, 0.05) is 0 Å². The number of hydrogen-bond acceptors (Lipinski definition) is 6. The first kappa shape index (κ1) is 45.1. The molecule has 0 radical (unpaired) electrons. The maximum absolute atomic E-state index is 5.40. The smallest absolute Gasteiger partial charge is 0.119 e. The molecule has 6 nitrogen and oxygen atoms in total. The third-order valence-corrected chi connectivity index (χ3v) is 5.24. The summed E-state index contributed by atoms with van der Waals surface area (Å²) in [6.45, 7) is 25.2. The first-order chi connectivity index (χ1) is 22.7. The molecule has 0 amide bonds. The number of epoxide rings is 3. The molecule has 0 N–H and O–H groups in total. The van der Waals surface area contributed by atoms with Gasteiger partial charge in [0.2, 0.25) is 0 Å². The van der Waals surface area contributed by atoms with Crippen molar-refractivity contribution in [3.8, 4) is 17.2 Å². The predicted octanol–water partition coefficient (Wildman–Crippen LogP) is 10.7. The molecule has 3 aliphatic rings. The predicted molar refractivity (Wildman–Crippen MR) is 196 cm³/mol. The Morgan fingerprint density at radius 1 is 0.435 bits per heavy atom. The second kappa shape index (κ2) is 34.8. The molecule has 6 rings (SSSR count). The normalized spacial score (nSPS) is 16.7. The monoisotopic (exact) mass is 642 g/mol. The van der Waals surface area contributed by atoms with E-state index in [1.807, 2.05) is 133 Å². The van der Waals surface area contributed by atoms with Crippen molar-refractivity contribution in [1.82, 2.24) is 0 Å². The minimum Gasteiger partial charge on any atom is -0.491 e. The number of rotatable bonds is 10. The quantitative estimate of drug-likeness (QED) is 0.205. The number of hydrogen-bond donors (Lipinski definition) is 0. The molecule has 3 fully saturated rings. The van der Waals surface area contributed by atoms with Crippen molar-refractivity contribution >= 4 is 0 Å². The van der Waals surface area contributed by atoms with E-state index in [2.05, 4.69) is 27.7 Å². The molecular formula is C40H66O6. The fraction of sp³-hybridized carbons (Fsp3) is 0.550. The zero-order valence-electron chi connectivity index (χ0n) is 30.7. The molecule has 3 saturated heterocycles. The molecule has 0 spiro atoms. The lowest BCUT2D eigenvalue weighted by Crippen LogP contribution is -2.03. The van der Waals surface area contributed by atoms with Crippen LogP contribution in [-0.4, -0.2) is 58.0 Å². The van der Waals surface area contributed by atoms with Gasteiger partial charge in [-0.1, -0.05) is 143 Å². The lowest BCUT2D eigenvalue weighted by atomic mass is 10.3. The molecule has 0 saturated carbocycles. The van der Waals surface area contributed by atoms with E-state index in [0.29, 0.717) is 38.1 Å². The first-order valence-electron chi connectivity index (χ1n) is 17.6. The van der Waals surface area contributed by atoms with E-state index < -0.39 is 0 Å². The van der Waals surface area contributed by atoms with Crippen LogP contribution in [0.5, 0.6) is 17.2 Å². The van der Waals surface area contributed by atoms with Gasteiger partial charge in [0.25, 0.3) is 0 Å². The molecule has 0 aliphatic carbocycles. The summed E-state index contributed by atoms with van der Waals surface area (Å²) in [6.07, 6.45) is 4.92. The number of para-hydroxylation sites is 3. The number of benzene rings is 3. The van der Waals surface area contributed by atoms with Gasteiger partial charge in [-0.25, -0.2) is 0 Å². The van der Waals surface area contributed by atoms with Gasteiger partial charge in [0.05, 0.1) is 19.8 Å². The molecule has 3 aliphatic heterocycles. The van der Waals surface area contributed by atoms with E-state index in [1.54, 1.807) is 0 Å². The summed E-state index contributed by atoms with van der Waals surface area (Å²) in [4.78, 5) is 0. The highest BCUT2D eigenvalue weighted by Crippen LogP contribution is 2.15. The van der Waals surface area contributed by atoms with E-state index in [-0.39, 0.29) is 0 Å². The highest BCUT2D eigenvalue weighted by Gasteiger charge is 2.24. The summed E-state index contributed by atoms with van der Waals surface area (Å²) < 4.78 is 31.2. The Morgan fingerprint density at radius 2 is 0.630 bits per heavy atom. The van der Waals surface area contributed by atoms with Gasteiger partial charge in [0.15, 0.2) is 0 Å². The Balaban J connectivity index is 0. The van der Waals surface area contributed by atoms with Crippen LogP contribution in [0.1, 0.15) is 88.5 Å². The van der Waals surface area contributed by atoms with Crippen molar-refractivity contribution < 1.29 is 28.4 Å². The Kier molecular flexibility index (Phi) is 34.1. The van der Waals surface area contributed by atoms with Crippen molar-refractivity contribution in [3.05, 3.63) is 91.0 Å². The van der Waals surface area contributed by atoms with Crippen LogP contribution in [0.25, 0.3) is 0 Å². The van der Waals surface area contributed by atoms with E-state index in [0.717, 1.165) is 37.1 Å². The minimum atomic E-state index is 0.343. The number of unbranched alkanes of at least 4 members (excludes halogenated alkanes) is 1. The van der Waals surface area contributed by atoms with Crippen molar-refractivity contribution in [2.24, 2.45) is 0 Å². The molecule has 0 bridgehead atoms. The molecular weight excluding hydrogens is 576 g/mol. The molecule has 3 aromatic rings. The zero-order valence-corrected chi connectivity index (χ0v) is 30.7. The average molecular weight is 643 g/mol. The summed E-state index contributed by atoms with van der Waals surface area (Å²) >= 11 is 0. The van der Waals surface area contributed by atoms with Crippen molar-refractivity contribution in [1.29, 1.82) is 0 Å². The molecule has 46 heavy (non-hydrogen) atoms. The lowest BCUT2D eigenvalue weighted by Gasteiger charge is -2.01. The maximum Gasteiger partial charge on any atom is 0.119 e. The topological polar surface area (TPSA) is 65.3 Å². The van der Waals surface area contributed by atoms with Crippen molar-refractivity contribution in [2.75, 3.05) is 39.6 Å². The largest absolute Gasteiger partial charge is 0.491 e. The van der Waals surface area contributed by atoms with Crippen LogP contribution in [0, 0.1) is 0 Å². The van der Waals surface area contributed by atoms with Crippen LogP contribution >= 0.6 is 0 Å². The van der Waals surface area contributed by atoms with E-state index in [1.165, 1.54) is 19.3 Å². The fourth-order valence-electron chi connectivity index (χ4n) is 2.61. The van der Waals surface area contributed by atoms with Crippen LogP contribution in [0.3, 0.4) is 0 Å². The average Bonchev–Trinajstić information content (AvgIpc) is 3.98. The maximum atomic E-state index is 5.40. The Labute approximate surface area is 282 Å². The highest BCUT2D eigenvalue weighted by atomic mass is 16.6. The zero-order chi connectivity index (χ0) is 34.7. The lowest BCUT2D eigenvalue weighted by molar-refractivity contribution is 0.263. The third kappa shape index (κ3) is 30.9. The van der Waals surface area contributed by atoms with E-state index >= 15 is 0 Å². The van der Waals surface area contributed by atoms with Crippen LogP contribution in [0.15, 0.2) is 91.0 Å². The van der Waals surface area contributed by atoms with Gasteiger partial charge in [0.1, 0.15) is 55.4 Å². The fourth-order valence-corrected chi connectivity index (χ4v) is 2.61. The van der Waals surface area contributed by atoms with Gasteiger partial charge in [-0.15, -0.1) is 0 Å². The number of ether oxygens (including phenoxy) is 6. The Bertz CT molecular complexity index is 819. The van der Waals surface area contributed by atoms with Crippen molar-refractivity contribution in [3.63, 3.8) is 0 Å². The highest BCUT2D eigenvalue weighted by molar-refractivity contribution is 5.22. The van der Waals surface area contributed by atoms with Crippen LogP contribution < -0.4 is 14.2 Å². The molecule has 6 heteroatoms. The van der Waals surface area contributed by atoms with Crippen molar-refractivity contribution in [2.45, 2.75) is 107 Å². The molecule has 262 valence electrons. The summed E-state index contributed by atoms with van der Waals surface area (Å²) in [5, 5.41) is 0. The second-order valence-electron chi connectivity index (χ2n) is 9.45. The van der Waals surface area contributed by atoms with Crippen LogP contribution in [0.4, 0.5) is 0 Å². The molecule has 3 atom stereocenters. The summed E-state index contributed by atoms with van der Waals surface area (Å²) in [7, 11) is 0.